The molecule has 5 nitrogen and oxygen atoms in total. The van der Waals surface area contributed by atoms with Crippen molar-refractivity contribution in [1.29, 1.82) is 0 Å². The van der Waals surface area contributed by atoms with Gasteiger partial charge in [-0.25, -0.2) is 15.0 Å². The molecule has 0 bridgehead atoms. The zero-order valence-electron chi connectivity index (χ0n) is 35.8. The van der Waals surface area contributed by atoms with Crippen molar-refractivity contribution in [2.24, 2.45) is 0 Å². The van der Waals surface area contributed by atoms with E-state index in [1.165, 1.54) is 43.7 Å². The Kier molecular flexibility index (Phi) is 8.78. The maximum atomic E-state index is 5.21. The van der Waals surface area contributed by atoms with Crippen LogP contribution in [0, 0.1) is 0 Å². The first kappa shape index (κ1) is 37.6. The van der Waals surface area contributed by atoms with Crippen LogP contribution in [0.3, 0.4) is 0 Å². The summed E-state index contributed by atoms with van der Waals surface area (Å²) in [4.78, 5) is 15.5. The van der Waals surface area contributed by atoms with Crippen LogP contribution in [0.5, 0.6) is 0 Å². The summed E-state index contributed by atoms with van der Waals surface area (Å²) in [6.07, 6.45) is 0. The standard InChI is InChI=1S/C61H39N5/c1-3-16-40(17-4-1)44-34-35-58(66-56-28-13-9-24-51(56)52-25-10-14-29-57(52)66)53(39-44)45-32-30-43-37-47(33-31-42(43)36-45)61-63-59(41-18-5-2-6-19-41)62-60(64-61)46-20-15-21-48(38-46)65-54-26-11-7-22-49(54)50-23-8-12-27-55(50)65/h1-39H. The van der Waals surface area contributed by atoms with E-state index in [0.29, 0.717) is 17.5 Å². The molecule has 0 saturated carbocycles. The van der Waals surface area contributed by atoms with Gasteiger partial charge in [0.2, 0.25) is 0 Å². The van der Waals surface area contributed by atoms with Crippen LogP contribution in [0.25, 0.3) is 122 Å². The molecule has 10 aromatic carbocycles. The van der Waals surface area contributed by atoms with Gasteiger partial charge in [-0.15, -0.1) is 0 Å². The van der Waals surface area contributed by atoms with Crippen LogP contribution in [0.15, 0.2) is 237 Å². The Morgan fingerprint density at radius 2 is 0.682 bits per heavy atom. The molecular formula is C61H39N5. The molecule has 0 N–H and O–H groups in total. The second kappa shape index (κ2) is 15.4. The molecule has 0 unspecified atom stereocenters. The summed E-state index contributed by atoms with van der Waals surface area (Å²) in [6.45, 7) is 0. The van der Waals surface area contributed by atoms with Gasteiger partial charge in [-0.2, -0.15) is 0 Å². The molecule has 0 saturated heterocycles. The minimum atomic E-state index is 0.618. The number of benzene rings is 10. The highest BCUT2D eigenvalue weighted by Gasteiger charge is 2.19. The Morgan fingerprint density at radius 1 is 0.258 bits per heavy atom. The summed E-state index contributed by atoms with van der Waals surface area (Å²) < 4.78 is 4.75. The summed E-state index contributed by atoms with van der Waals surface area (Å²) >= 11 is 0. The molecular weight excluding hydrogens is 803 g/mol. The lowest BCUT2D eigenvalue weighted by Gasteiger charge is -2.17. The molecule has 0 radical (unpaired) electrons. The Balaban J connectivity index is 0.940. The van der Waals surface area contributed by atoms with Crippen LogP contribution in [0.4, 0.5) is 0 Å². The van der Waals surface area contributed by atoms with Crippen LogP contribution in [0.1, 0.15) is 0 Å². The average molecular weight is 842 g/mol. The van der Waals surface area contributed by atoms with E-state index in [1.54, 1.807) is 0 Å². The largest absolute Gasteiger partial charge is 0.309 e. The van der Waals surface area contributed by atoms with Crippen molar-refractivity contribution < 1.29 is 0 Å². The molecule has 0 fully saturated rings. The zero-order chi connectivity index (χ0) is 43.6. The van der Waals surface area contributed by atoms with Crippen molar-refractivity contribution >= 4 is 54.4 Å². The second-order valence-corrected chi connectivity index (χ2v) is 16.8. The summed E-state index contributed by atoms with van der Waals surface area (Å²) in [5.41, 5.74) is 14.3. The number of rotatable bonds is 7. The molecule has 66 heavy (non-hydrogen) atoms. The Bertz CT molecular complexity index is 3890. The summed E-state index contributed by atoms with van der Waals surface area (Å²) in [7, 11) is 0. The normalized spacial score (nSPS) is 11.6. The molecule has 0 amide bonds. The summed E-state index contributed by atoms with van der Waals surface area (Å²) in [6, 6.07) is 84.2. The third-order valence-corrected chi connectivity index (χ3v) is 12.9. The van der Waals surface area contributed by atoms with Gasteiger partial charge in [0.25, 0.3) is 0 Å². The lowest BCUT2D eigenvalue weighted by atomic mass is 9.95. The number of aromatic nitrogens is 5. The number of hydrogen-bond donors (Lipinski definition) is 0. The molecule has 0 aliphatic heterocycles. The highest BCUT2D eigenvalue weighted by Crippen LogP contribution is 2.40. The number of nitrogens with zero attached hydrogens (tertiary/aromatic N) is 5. The lowest BCUT2D eigenvalue weighted by Crippen LogP contribution is -2.01. The van der Waals surface area contributed by atoms with Crippen molar-refractivity contribution in [3.8, 4) is 67.8 Å². The van der Waals surface area contributed by atoms with Crippen LogP contribution in [-0.2, 0) is 0 Å². The maximum Gasteiger partial charge on any atom is 0.164 e. The minimum absolute atomic E-state index is 0.618. The Hall–Kier alpha value is -8.93. The van der Waals surface area contributed by atoms with Crippen molar-refractivity contribution in [3.63, 3.8) is 0 Å². The molecule has 13 rings (SSSR count). The highest BCUT2D eigenvalue weighted by molar-refractivity contribution is 6.11. The van der Waals surface area contributed by atoms with Crippen LogP contribution in [0.2, 0.25) is 0 Å². The van der Waals surface area contributed by atoms with E-state index in [1.807, 2.05) is 18.2 Å². The maximum absolute atomic E-state index is 5.21. The lowest BCUT2D eigenvalue weighted by molar-refractivity contribution is 1.07. The van der Waals surface area contributed by atoms with Gasteiger partial charge in [-0.3, -0.25) is 0 Å². The second-order valence-electron chi connectivity index (χ2n) is 16.8. The molecule has 5 heteroatoms. The monoisotopic (exact) mass is 841 g/mol. The molecule has 3 aromatic heterocycles. The predicted molar refractivity (Wildman–Crippen MR) is 273 cm³/mol. The molecule has 0 spiro atoms. The van der Waals surface area contributed by atoms with Gasteiger partial charge in [0.15, 0.2) is 17.5 Å². The molecule has 13 aromatic rings. The number of para-hydroxylation sites is 4. The predicted octanol–water partition coefficient (Wildman–Crippen LogP) is 15.6. The van der Waals surface area contributed by atoms with Gasteiger partial charge in [0.1, 0.15) is 0 Å². The molecule has 0 aliphatic carbocycles. The van der Waals surface area contributed by atoms with Crippen LogP contribution >= 0.6 is 0 Å². The summed E-state index contributed by atoms with van der Waals surface area (Å²) in [5, 5.41) is 7.16. The summed E-state index contributed by atoms with van der Waals surface area (Å²) in [5.74, 6) is 1.87. The van der Waals surface area contributed by atoms with Gasteiger partial charge in [0.05, 0.1) is 27.8 Å². The topological polar surface area (TPSA) is 48.5 Å². The first-order chi connectivity index (χ1) is 32.7. The van der Waals surface area contributed by atoms with E-state index in [2.05, 4.69) is 228 Å². The molecule has 0 atom stereocenters. The minimum Gasteiger partial charge on any atom is -0.309 e. The van der Waals surface area contributed by atoms with Crippen LogP contribution in [-0.4, -0.2) is 24.1 Å². The zero-order valence-corrected chi connectivity index (χ0v) is 35.8. The first-order valence-corrected chi connectivity index (χ1v) is 22.3. The van der Waals surface area contributed by atoms with Gasteiger partial charge in [-0.05, 0) is 88.1 Å². The fraction of sp³-hybridized carbons (Fsp3) is 0. The molecule has 3 heterocycles. The Labute approximate surface area is 381 Å². The SMILES string of the molecule is c1ccc(-c2ccc(-n3c4ccccc4c4ccccc43)c(-c3ccc4cc(-c5nc(-c6ccccc6)nc(-c6cccc(-n7c8ccccc8c8ccccc87)c6)n5)ccc4c3)c2)cc1. The van der Waals surface area contributed by atoms with Gasteiger partial charge in [-0.1, -0.05) is 176 Å². The van der Waals surface area contributed by atoms with Crippen molar-refractivity contribution in [1.82, 2.24) is 24.1 Å². The van der Waals surface area contributed by atoms with Crippen molar-refractivity contribution in [2.45, 2.75) is 0 Å². The molecule has 308 valence electrons. The molecule has 0 aliphatic rings. The van der Waals surface area contributed by atoms with Gasteiger partial charge in [0, 0.05) is 49.5 Å². The first-order valence-electron chi connectivity index (χ1n) is 22.3. The van der Waals surface area contributed by atoms with Crippen molar-refractivity contribution in [3.05, 3.63) is 237 Å². The number of fused-ring (bicyclic) bond motifs is 7. The van der Waals surface area contributed by atoms with E-state index in [4.69, 9.17) is 15.0 Å². The van der Waals surface area contributed by atoms with E-state index in [9.17, 15) is 0 Å². The van der Waals surface area contributed by atoms with Crippen LogP contribution < -0.4 is 0 Å². The third kappa shape index (κ3) is 6.28. The fourth-order valence-corrected chi connectivity index (χ4v) is 9.84. The average Bonchev–Trinajstić information content (AvgIpc) is 3.92. The van der Waals surface area contributed by atoms with E-state index in [0.717, 1.165) is 61.0 Å². The number of hydrogen-bond acceptors (Lipinski definition) is 3. The Morgan fingerprint density at radius 3 is 1.26 bits per heavy atom. The highest BCUT2D eigenvalue weighted by atomic mass is 15.0. The van der Waals surface area contributed by atoms with E-state index >= 15 is 0 Å². The van der Waals surface area contributed by atoms with E-state index in [-0.39, 0.29) is 0 Å². The van der Waals surface area contributed by atoms with Gasteiger partial charge >= 0.3 is 0 Å². The van der Waals surface area contributed by atoms with Gasteiger partial charge < -0.3 is 9.13 Å². The quantitative estimate of drug-likeness (QED) is 0.161. The van der Waals surface area contributed by atoms with E-state index < -0.39 is 0 Å². The van der Waals surface area contributed by atoms with Crippen molar-refractivity contribution in [2.75, 3.05) is 0 Å². The third-order valence-electron chi connectivity index (χ3n) is 12.9. The smallest absolute Gasteiger partial charge is 0.164 e. The fourth-order valence-electron chi connectivity index (χ4n) is 9.84.